The summed E-state index contributed by atoms with van der Waals surface area (Å²) >= 11 is 0. The van der Waals surface area contributed by atoms with Crippen LogP contribution in [0.5, 0.6) is 5.75 Å². The van der Waals surface area contributed by atoms with Crippen LogP contribution in [-0.2, 0) is 0 Å². The molecule has 1 N–H and O–H groups in total. The highest BCUT2D eigenvalue weighted by Gasteiger charge is 2.11. The summed E-state index contributed by atoms with van der Waals surface area (Å²) in [6, 6.07) is 27.0. The van der Waals surface area contributed by atoms with Gasteiger partial charge >= 0.3 is 0 Å². The van der Waals surface area contributed by atoms with Crippen molar-refractivity contribution in [1.82, 2.24) is 0 Å². The van der Waals surface area contributed by atoms with Crippen molar-refractivity contribution in [3.63, 3.8) is 0 Å². The van der Waals surface area contributed by atoms with Gasteiger partial charge in [-0.25, -0.2) is 0 Å². The number of hydrogen-bond donors (Lipinski definition) is 1. The Bertz CT molecular complexity index is 1220. The summed E-state index contributed by atoms with van der Waals surface area (Å²) in [7, 11) is 0. The minimum atomic E-state index is 0.308. The van der Waals surface area contributed by atoms with Crippen molar-refractivity contribution in [2.45, 2.75) is 0 Å². The zero-order valence-corrected chi connectivity index (χ0v) is 12.5. The van der Waals surface area contributed by atoms with Gasteiger partial charge in [0.15, 0.2) is 0 Å². The summed E-state index contributed by atoms with van der Waals surface area (Å²) in [6.45, 7) is 0. The van der Waals surface area contributed by atoms with E-state index < -0.39 is 0 Å². The minimum Gasteiger partial charge on any atom is -0.508 e. The number of phenols is 1. The van der Waals surface area contributed by atoms with Gasteiger partial charge in [0.2, 0.25) is 0 Å². The van der Waals surface area contributed by atoms with Crippen LogP contribution in [0, 0.1) is 0 Å². The molecule has 0 saturated heterocycles. The Morgan fingerprint density at radius 1 is 0.478 bits per heavy atom. The summed E-state index contributed by atoms with van der Waals surface area (Å²) in [4.78, 5) is 0. The summed E-state index contributed by atoms with van der Waals surface area (Å²) in [5, 5.41) is 19.7. The van der Waals surface area contributed by atoms with E-state index in [0.29, 0.717) is 5.75 Å². The summed E-state index contributed by atoms with van der Waals surface area (Å²) in [5.41, 5.74) is 0. The normalized spacial score (nSPS) is 11.7. The predicted octanol–water partition coefficient (Wildman–Crippen LogP) is 6.01. The Balaban J connectivity index is 2.22. The van der Waals surface area contributed by atoms with Crippen LogP contribution in [0.2, 0.25) is 0 Å². The Labute approximate surface area is 133 Å². The molecule has 0 aliphatic carbocycles. The van der Waals surface area contributed by atoms with E-state index in [4.69, 9.17) is 0 Å². The van der Waals surface area contributed by atoms with Crippen molar-refractivity contribution < 1.29 is 5.11 Å². The quantitative estimate of drug-likeness (QED) is 0.347. The highest BCUT2D eigenvalue weighted by Crippen LogP contribution is 2.39. The van der Waals surface area contributed by atoms with Crippen LogP contribution < -0.4 is 0 Å². The van der Waals surface area contributed by atoms with Crippen LogP contribution in [0.15, 0.2) is 78.9 Å². The van der Waals surface area contributed by atoms with Gasteiger partial charge in [0.1, 0.15) is 5.75 Å². The molecule has 23 heavy (non-hydrogen) atoms. The molecular formula is C22H14O. The number of aromatic hydroxyl groups is 1. The van der Waals surface area contributed by atoms with Crippen molar-refractivity contribution in [3.8, 4) is 5.75 Å². The third kappa shape index (κ3) is 1.68. The third-order valence-electron chi connectivity index (χ3n) is 4.71. The second kappa shape index (κ2) is 4.47. The lowest BCUT2D eigenvalue weighted by atomic mass is 9.91. The van der Waals surface area contributed by atoms with Crippen LogP contribution in [0.25, 0.3) is 43.1 Å². The Kier molecular flexibility index (Phi) is 2.42. The second-order valence-electron chi connectivity index (χ2n) is 5.98. The zero-order chi connectivity index (χ0) is 15.4. The summed E-state index contributed by atoms with van der Waals surface area (Å²) < 4.78 is 0. The van der Waals surface area contributed by atoms with Gasteiger partial charge in [-0.3, -0.25) is 0 Å². The molecular weight excluding hydrogens is 280 g/mol. The second-order valence-corrected chi connectivity index (χ2v) is 5.98. The van der Waals surface area contributed by atoms with Gasteiger partial charge in [-0.05, 0) is 55.2 Å². The first kappa shape index (κ1) is 12.5. The lowest BCUT2D eigenvalue weighted by Gasteiger charge is -2.13. The monoisotopic (exact) mass is 294 g/mol. The molecule has 0 amide bonds. The fourth-order valence-electron chi connectivity index (χ4n) is 3.71. The van der Waals surface area contributed by atoms with Crippen molar-refractivity contribution >= 4 is 43.1 Å². The lowest BCUT2D eigenvalue weighted by Crippen LogP contribution is -1.85. The first-order valence-corrected chi connectivity index (χ1v) is 7.78. The van der Waals surface area contributed by atoms with Crippen molar-refractivity contribution in [3.05, 3.63) is 78.9 Å². The van der Waals surface area contributed by atoms with Crippen LogP contribution in [-0.4, -0.2) is 5.11 Å². The molecule has 0 atom stereocenters. The van der Waals surface area contributed by atoms with Crippen LogP contribution in [0.1, 0.15) is 0 Å². The molecule has 0 bridgehead atoms. The maximum Gasteiger partial charge on any atom is 0.116 e. The van der Waals surface area contributed by atoms with Gasteiger partial charge in [-0.1, -0.05) is 66.7 Å². The van der Waals surface area contributed by atoms with Gasteiger partial charge in [0.25, 0.3) is 0 Å². The van der Waals surface area contributed by atoms with Crippen LogP contribution in [0.4, 0.5) is 0 Å². The third-order valence-corrected chi connectivity index (χ3v) is 4.71. The molecule has 0 spiro atoms. The summed E-state index contributed by atoms with van der Waals surface area (Å²) in [5.74, 6) is 0.308. The standard InChI is InChI=1S/C22H14O/c23-15-10-12-20-21(13-15)18-8-4-3-7-17(18)19-11-9-14-5-1-2-6-16(14)22(19)20/h1-13,23H. The number of rotatable bonds is 0. The van der Waals surface area contributed by atoms with E-state index in [1.807, 2.05) is 12.1 Å². The zero-order valence-electron chi connectivity index (χ0n) is 12.5. The molecule has 0 heterocycles. The number of phenolic OH excluding ortho intramolecular Hbond substituents is 1. The Morgan fingerprint density at radius 2 is 1.09 bits per heavy atom. The minimum absolute atomic E-state index is 0.308. The van der Waals surface area contributed by atoms with Crippen molar-refractivity contribution in [2.24, 2.45) is 0 Å². The molecule has 108 valence electrons. The first-order chi connectivity index (χ1) is 11.3. The van der Waals surface area contributed by atoms with E-state index in [1.54, 1.807) is 6.07 Å². The van der Waals surface area contributed by atoms with Crippen molar-refractivity contribution in [2.75, 3.05) is 0 Å². The molecule has 0 saturated carbocycles. The number of benzene rings is 5. The van der Waals surface area contributed by atoms with E-state index in [9.17, 15) is 5.11 Å². The molecule has 0 fully saturated rings. The largest absolute Gasteiger partial charge is 0.508 e. The van der Waals surface area contributed by atoms with E-state index in [0.717, 1.165) is 5.39 Å². The maximum absolute atomic E-state index is 9.98. The highest BCUT2D eigenvalue weighted by molar-refractivity contribution is 6.31. The molecule has 0 aliphatic heterocycles. The van der Waals surface area contributed by atoms with Gasteiger partial charge < -0.3 is 5.11 Å². The predicted molar refractivity (Wildman–Crippen MR) is 98.1 cm³/mol. The maximum atomic E-state index is 9.98. The van der Waals surface area contributed by atoms with Gasteiger partial charge in [-0.15, -0.1) is 0 Å². The molecule has 0 unspecified atom stereocenters. The topological polar surface area (TPSA) is 20.2 Å². The fraction of sp³-hybridized carbons (Fsp3) is 0. The molecule has 1 nitrogen and oxygen atoms in total. The fourth-order valence-corrected chi connectivity index (χ4v) is 3.71. The first-order valence-electron chi connectivity index (χ1n) is 7.78. The lowest BCUT2D eigenvalue weighted by molar-refractivity contribution is 0.476. The Hall–Kier alpha value is -3.06. The molecule has 0 aromatic heterocycles. The average molecular weight is 294 g/mol. The molecule has 5 aromatic rings. The SMILES string of the molecule is Oc1ccc2c(c1)c1ccccc1c1ccc3ccccc3c12. The molecule has 1 heteroatoms. The van der Waals surface area contributed by atoms with Gasteiger partial charge in [0, 0.05) is 0 Å². The van der Waals surface area contributed by atoms with E-state index >= 15 is 0 Å². The van der Waals surface area contributed by atoms with E-state index in [-0.39, 0.29) is 0 Å². The molecule has 0 radical (unpaired) electrons. The van der Waals surface area contributed by atoms with Crippen molar-refractivity contribution in [1.29, 1.82) is 0 Å². The van der Waals surface area contributed by atoms with Gasteiger partial charge in [0.05, 0.1) is 0 Å². The van der Waals surface area contributed by atoms with Gasteiger partial charge in [-0.2, -0.15) is 0 Å². The number of fused-ring (bicyclic) bond motifs is 8. The average Bonchev–Trinajstić information content (AvgIpc) is 2.61. The van der Waals surface area contributed by atoms with E-state index in [1.165, 1.54) is 37.7 Å². The highest BCUT2D eigenvalue weighted by atomic mass is 16.3. The summed E-state index contributed by atoms with van der Waals surface area (Å²) in [6.07, 6.45) is 0. The van der Waals surface area contributed by atoms with Crippen LogP contribution >= 0.6 is 0 Å². The van der Waals surface area contributed by atoms with Crippen LogP contribution in [0.3, 0.4) is 0 Å². The number of hydrogen-bond acceptors (Lipinski definition) is 1. The van der Waals surface area contributed by atoms with E-state index in [2.05, 4.69) is 60.7 Å². The molecule has 0 aliphatic rings. The molecule has 5 rings (SSSR count). The molecule has 5 aromatic carbocycles. The smallest absolute Gasteiger partial charge is 0.116 e. The Morgan fingerprint density at radius 3 is 1.91 bits per heavy atom.